The molecule has 0 saturated carbocycles. The summed E-state index contributed by atoms with van der Waals surface area (Å²) in [5.74, 6) is 1.81. The van der Waals surface area contributed by atoms with Crippen molar-refractivity contribution >= 4 is 6.09 Å². The maximum Gasteiger partial charge on any atom is 0.407 e. The van der Waals surface area contributed by atoms with E-state index in [0.29, 0.717) is 43.7 Å². The van der Waals surface area contributed by atoms with E-state index in [1.54, 1.807) is 4.68 Å². The summed E-state index contributed by atoms with van der Waals surface area (Å²) in [6.45, 7) is 1.89. The van der Waals surface area contributed by atoms with Gasteiger partial charge in [0.2, 0.25) is 0 Å². The molecule has 4 atom stereocenters. The molecule has 2 aromatic carbocycles. The van der Waals surface area contributed by atoms with Crippen LogP contribution in [0.3, 0.4) is 0 Å². The molecule has 0 unspecified atom stereocenters. The lowest BCUT2D eigenvalue weighted by Crippen LogP contribution is -2.37. The molecular formula is C23H25N5O6. The molecule has 178 valence electrons. The maximum absolute atomic E-state index is 12.3. The second-order valence-electron chi connectivity index (χ2n) is 8.22. The van der Waals surface area contributed by atoms with Gasteiger partial charge < -0.3 is 29.0 Å². The maximum atomic E-state index is 12.3. The number of ether oxygens (including phenoxy) is 5. The minimum Gasteiger partial charge on any atom is -0.486 e. The van der Waals surface area contributed by atoms with Crippen LogP contribution in [-0.2, 0) is 20.8 Å². The van der Waals surface area contributed by atoms with E-state index in [1.165, 1.54) is 0 Å². The smallest absolute Gasteiger partial charge is 0.407 e. The van der Waals surface area contributed by atoms with Crippen molar-refractivity contribution in [3.05, 3.63) is 54.1 Å². The number of para-hydroxylation sites is 1. The zero-order chi connectivity index (χ0) is 22.9. The Morgan fingerprint density at radius 2 is 1.91 bits per heavy atom. The van der Waals surface area contributed by atoms with Crippen LogP contribution in [0.25, 0.3) is 11.4 Å². The Balaban J connectivity index is 0.00000253. The summed E-state index contributed by atoms with van der Waals surface area (Å²) in [6.07, 6.45) is -1.80. The number of rotatable bonds is 5. The van der Waals surface area contributed by atoms with Gasteiger partial charge in [-0.1, -0.05) is 36.4 Å². The Kier molecular flexibility index (Phi) is 5.47. The average Bonchev–Trinajstić information content (AvgIpc) is 3.61. The van der Waals surface area contributed by atoms with Crippen molar-refractivity contribution in [1.29, 1.82) is 0 Å². The number of carbonyl (C=O) groups is 1. The fourth-order valence-electron chi connectivity index (χ4n) is 4.55. The second kappa shape index (κ2) is 8.92. The molecule has 2 fully saturated rings. The molecule has 1 N–H and O–H groups in total. The predicted octanol–water partition coefficient (Wildman–Crippen LogP) is 1.99. The molecule has 6 rings (SSSR count). The molecule has 34 heavy (non-hydrogen) atoms. The van der Waals surface area contributed by atoms with Gasteiger partial charge in [0.25, 0.3) is 0 Å². The minimum atomic E-state index is -0.521. The molecule has 0 radical (unpaired) electrons. The molecule has 0 aliphatic carbocycles. The summed E-state index contributed by atoms with van der Waals surface area (Å²) in [4.78, 5) is 12.3. The molecule has 1 amide bonds. The van der Waals surface area contributed by atoms with E-state index in [-0.39, 0.29) is 20.2 Å². The Bertz CT molecular complexity index is 1180. The van der Waals surface area contributed by atoms with Gasteiger partial charge in [-0.05, 0) is 28.1 Å². The molecule has 4 heterocycles. The van der Waals surface area contributed by atoms with E-state index in [2.05, 4.69) is 20.8 Å². The number of carbonyl (C=O) groups excluding carboxylic acids is 1. The lowest BCUT2D eigenvalue weighted by atomic mass is 10.1. The third-order valence-electron chi connectivity index (χ3n) is 6.13. The Morgan fingerprint density at radius 1 is 1.06 bits per heavy atom. The summed E-state index contributed by atoms with van der Waals surface area (Å²) < 4.78 is 30.8. The van der Waals surface area contributed by atoms with Crippen LogP contribution in [0.15, 0.2) is 48.5 Å². The van der Waals surface area contributed by atoms with E-state index in [4.69, 9.17) is 23.7 Å². The van der Waals surface area contributed by atoms with Gasteiger partial charge in [0, 0.05) is 7.97 Å². The fourth-order valence-corrected chi connectivity index (χ4v) is 4.55. The number of hydrogen-bond acceptors (Lipinski definition) is 9. The van der Waals surface area contributed by atoms with Crippen molar-refractivity contribution in [3.8, 4) is 22.9 Å². The van der Waals surface area contributed by atoms with Gasteiger partial charge in [-0.3, -0.25) is 0 Å². The second-order valence-corrected chi connectivity index (χ2v) is 8.22. The van der Waals surface area contributed by atoms with Crippen LogP contribution >= 0.6 is 0 Å². The van der Waals surface area contributed by atoms with Crippen molar-refractivity contribution in [2.45, 2.75) is 30.9 Å². The summed E-state index contributed by atoms with van der Waals surface area (Å²) in [5.41, 5.74) is 1.72. The van der Waals surface area contributed by atoms with Crippen molar-refractivity contribution in [3.63, 3.8) is 0 Å². The van der Waals surface area contributed by atoms with Crippen LogP contribution in [0.2, 0.25) is 0 Å². The number of amides is 1. The lowest BCUT2D eigenvalue weighted by Gasteiger charge is -2.22. The number of nitrogens with one attached hydrogen (secondary N) is 1. The first-order valence-electron chi connectivity index (χ1n) is 11.2. The third-order valence-corrected chi connectivity index (χ3v) is 6.13. The predicted molar refractivity (Wildman–Crippen MR) is 118 cm³/mol. The van der Waals surface area contributed by atoms with Crippen molar-refractivity contribution in [2.24, 2.45) is 0 Å². The van der Waals surface area contributed by atoms with Crippen LogP contribution in [0.4, 0.5) is 4.79 Å². The van der Waals surface area contributed by atoms with Crippen LogP contribution in [-0.4, -0.2) is 71.0 Å². The summed E-state index contributed by atoms with van der Waals surface area (Å²) in [7, 11) is 0. The number of nitrogens with zero attached hydrogens (tertiary/aromatic N) is 4. The van der Waals surface area contributed by atoms with Gasteiger partial charge in [0.05, 0.1) is 18.8 Å². The Hall–Kier alpha value is -3.70. The number of aromatic nitrogens is 4. The van der Waals surface area contributed by atoms with Gasteiger partial charge in [-0.2, -0.15) is 0 Å². The molecular weight excluding hydrogens is 442 g/mol. The molecule has 11 heteroatoms. The van der Waals surface area contributed by atoms with E-state index in [0.717, 1.165) is 11.1 Å². The highest BCUT2D eigenvalue weighted by Gasteiger charge is 2.51. The number of alkyl carbamates (subject to hydrolysis) is 1. The first-order valence-corrected chi connectivity index (χ1v) is 11.2. The first kappa shape index (κ1) is 20.9. The highest BCUT2D eigenvalue weighted by atomic mass is 16.6. The standard InChI is InChI=1S/C23H23N5O6.H2/c29-23(24-11-14-5-2-1-3-6-14)34-18-13-33-20-16(12-32-21(18)20)28-22(25-26-27-28)15-7-4-8-17-19(15)31-10-9-30-17;/h1-8,16,18,20-21H,9-13H2,(H,24,29);1H/t16-,18+,20+,21+;/m0./s1. The number of tetrazole rings is 1. The fraction of sp³-hybridized carbons (Fsp3) is 0.391. The number of benzene rings is 2. The third kappa shape index (κ3) is 3.82. The minimum absolute atomic E-state index is 0. The topological polar surface area (TPSA) is 119 Å². The molecule has 1 aromatic heterocycles. The lowest BCUT2D eigenvalue weighted by molar-refractivity contribution is 0.00290. The van der Waals surface area contributed by atoms with Crippen molar-refractivity contribution in [1.82, 2.24) is 25.5 Å². The van der Waals surface area contributed by atoms with Gasteiger partial charge in [0.15, 0.2) is 23.4 Å². The van der Waals surface area contributed by atoms with Gasteiger partial charge in [-0.25, -0.2) is 9.48 Å². The molecule has 0 bridgehead atoms. The molecule has 0 spiro atoms. The zero-order valence-corrected chi connectivity index (χ0v) is 18.2. The van der Waals surface area contributed by atoms with Gasteiger partial charge >= 0.3 is 6.09 Å². The monoisotopic (exact) mass is 467 g/mol. The first-order chi connectivity index (χ1) is 16.8. The van der Waals surface area contributed by atoms with Gasteiger partial charge in [0.1, 0.15) is 31.5 Å². The summed E-state index contributed by atoms with van der Waals surface area (Å²) in [6, 6.07) is 15.0. The molecule has 2 saturated heterocycles. The Labute approximate surface area is 196 Å². The van der Waals surface area contributed by atoms with E-state index >= 15 is 0 Å². The quantitative estimate of drug-likeness (QED) is 0.601. The molecule has 3 aromatic rings. The van der Waals surface area contributed by atoms with E-state index < -0.39 is 18.3 Å². The zero-order valence-electron chi connectivity index (χ0n) is 18.2. The molecule has 3 aliphatic heterocycles. The average molecular weight is 467 g/mol. The highest BCUT2D eigenvalue weighted by molar-refractivity contribution is 5.69. The summed E-state index contributed by atoms with van der Waals surface area (Å²) >= 11 is 0. The van der Waals surface area contributed by atoms with Crippen LogP contribution in [0.5, 0.6) is 11.5 Å². The summed E-state index contributed by atoms with van der Waals surface area (Å²) in [5, 5.41) is 15.1. The number of hydrogen-bond donors (Lipinski definition) is 1. The van der Waals surface area contributed by atoms with Crippen LogP contribution in [0.1, 0.15) is 13.0 Å². The van der Waals surface area contributed by atoms with Crippen LogP contribution < -0.4 is 14.8 Å². The molecule has 3 aliphatic rings. The van der Waals surface area contributed by atoms with Crippen molar-refractivity contribution in [2.75, 3.05) is 26.4 Å². The number of fused-ring (bicyclic) bond motifs is 2. The van der Waals surface area contributed by atoms with Crippen LogP contribution in [0, 0.1) is 0 Å². The Morgan fingerprint density at radius 3 is 2.82 bits per heavy atom. The molecule has 11 nitrogen and oxygen atoms in total. The largest absolute Gasteiger partial charge is 0.486 e. The van der Waals surface area contributed by atoms with E-state index in [1.807, 2.05) is 48.5 Å². The van der Waals surface area contributed by atoms with E-state index in [9.17, 15) is 4.79 Å². The van der Waals surface area contributed by atoms with Crippen molar-refractivity contribution < 1.29 is 29.9 Å². The van der Waals surface area contributed by atoms with Gasteiger partial charge in [-0.15, -0.1) is 5.10 Å². The SMILES string of the molecule is O=C(NCc1ccccc1)O[C@@H]1CO[C@H]2[C@@H]1OC[C@@H]2n1nnnc1-c1cccc2c1OCCO2.[HH]. The highest BCUT2D eigenvalue weighted by Crippen LogP contribution is 2.41. The normalized spacial score (nSPS) is 25.1.